The van der Waals surface area contributed by atoms with Gasteiger partial charge in [0.05, 0.1) is 0 Å². The minimum Gasteiger partial charge on any atom is -0.486 e. The number of Topliss-reactive ketones (excluding diaryl/α,β-unsaturated/α-hetero) is 1. The zero-order valence-corrected chi connectivity index (χ0v) is 16.6. The first-order valence-electron chi connectivity index (χ1n) is 10.1. The lowest BCUT2D eigenvalue weighted by atomic mass is 9.88. The molecule has 0 spiro atoms. The molecule has 2 aliphatic heterocycles. The average Bonchev–Trinajstić information content (AvgIpc) is 2.78. The van der Waals surface area contributed by atoms with Gasteiger partial charge >= 0.3 is 0 Å². The number of amides is 1. The van der Waals surface area contributed by atoms with Gasteiger partial charge in [-0.1, -0.05) is 29.8 Å². The van der Waals surface area contributed by atoms with E-state index in [2.05, 4.69) is 0 Å². The Balaban J connectivity index is 1.33. The van der Waals surface area contributed by atoms with Crippen LogP contribution in [0.3, 0.4) is 0 Å². The third-order valence-electron chi connectivity index (χ3n) is 5.50. The number of ether oxygens (including phenoxy) is 2. The molecule has 0 radical (unpaired) electrons. The van der Waals surface area contributed by atoms with E-state index < -0.39 is 0 Å². The minimum atomic E-state index is -0.0670. The number of nitrogens with zero attached hydrogens (tertiary/aromatic N) is 1. The maximum Gasteiger partial charge on any atom is 0.246 e. The summed E-state index contributed by atoms with van der Waals surface area (Å²) in [6.07, 6.45) is 4.82. The Hall–Kier alpha value is -3.08. The lowest BCUT2D eigenvalue weighted by Crippen LogP contribution is -2.39. The second-order valence-electron chi connectivity index (χ2n) is 7.57. The van der Waals surface area contributed by atoms with Crippen LogP contribution in [0.1, 0.15) is 34.3 Å². The summed E-state index contributed by atoms with van der Waals surface area (Å²) in [7, 11) is 0. The molecule has 150 valence electrons. The number of ketones is 1. The highest BCUT2D eigenvalue weighted by Gasteiger charge is 2.28. The number of hydrogen-bond acceptors (Lipinski definition) is 4. The summed E-state index contributed by atoms with van der Waals surface area (Å²) in [4.78, 5) is 27.2. The van der Waals surface area contributed by atoms with Gasteiger partial charge in [0.1, 0.15) is 13.2 Å². The summed E-state index contributed by atoms with van der Waals surface area (Å²) in [5.74, 6) is 1.37. The molecular weight excluding hydrogens is 366 g/mol. The van der Waals surface area contributed by atoms with E-state index in [4.69, 9.17) is 9.47 Å². The maximum absolute atomic E-state index is 12.9. The van der Waals surface area contributed by atoms with Gasteiger partial charge in [-0.05, 0) is 49.6 Å². The highest BCUT2D eigenvalue weighted by atomic mass is 16.6. The molecule has 0 aliphatic carbocycles. The molecule has 0 bridgehead atoms. The number of likely N-dealkylation sites (tertiary alicyclic amines) is 1. The van der Waals surface area contributed by atoms with Gasteiger partial charge in [0, 0.05) is 30.6 Å². The molecule has 5 heteroatoms. The number of rotatable bonds is 4. The first-order valence-corrected chi connectivity index (χ1v) is 10.1. The lowest BCUT2D eigenvalue weighted by Gasteiger charge is -2.30. The second-order valence-corrected chi connectivity index (χ2v) is 7.57. The van der Waals surface area contributed by atoms with Crippen LogP contribution in [0.5, 0.6) is 11.5 Å². The highest BCUT2D eigenvalue weighted by Crippen LogP contribution is 2.32. The molecule has 5 nitrogen and oxygen atoms in total. The zero-order chi connectivity index (χ0) is 20.2. The van der Waals surface area contributed by atoms with Gasteiger partial charge in [0.15, 0.2) is 17.3 Å². The minimum absolute atomic E-state index is 0.00389. The highest BCUT2D eigenvalue weighted by molar-refractivity contribution is 5.99. The standard InChI is InChI=1S/C24H25NO4/c1-17-2-4-18(5-3-17)6-9-23(26)25-12-10-19(11-13-25)24(27)20-7-8-21-22(16-20)29-15-14-28-21/h2-9,16,19H,10-15H2,1H3/b9-6+. The average molecular weight is 391 g/mol. The molecule has 0 atom stereocenters. The number of piperidine rings is 1. The largest absolute Gasteiger partial charge is 0.486 e. The van der Waals surface area contributed by atoms with Crippen LogP contribution in [0, 0.1) is 12.8 Å². The monoisotopic (exact) mass is 391 g/mol. The predicted molar refractivity (Wildman–Crippen MR) is 111 cm³/mol. The number of fused-ring (bicyclic) bond motifs is 1. The summed E-state index contributed by atoms with van der Waals surface area (Å²) >= 11 is 0. The van der Waals surface area contributed by atoms with Crippen LogP contribution >= 0.6 is 0 Å². The summed E-state index contributed by atoms with van der Waals surface area (Å²) in [6.45, 7) is 4.26. The fourth-order valence-corrected chi connectivity index (χ4v) is 3.74. The SMILES string of the molecule is Cc1ccc(/C=C/C(=O)N2CCC(C(=O)c3ccc4c(c3)OCCO4)CC2)cc1. The Bertz CT molecular complexity index is 924. The van der Waals surface area contributed by atoms with Crippen molar-refractivity contribution in [3.63, 3.8) is 0 Å². The fourth-order valence-electron chi connectivity index (χ4n) is 3.74. The Morgan fingerprint density at radius 3 is 2.38 bits per heavy atom. The fraction of sp³-hybridized carbons (Fsp3) is 0.333. The van der Waals surface area contributed by atoms with Gasteiger partial charge in [-0.3, -0.25) is 9.59 Å². The van der Waals surface area contributed by atoms with Gasteiger partial charge in [-0.25, -0.2) is 0 Å². The maximum atomic E-state index is 12.9. The number of aryl methyl sites for hydroxylation is 1. The van der Waals surface area contributed by atoms with E-state index in [1.807, 2.05) is 42.2 Å². The quantitative estimate of drug-likeness (QED) is 0.586. The van der Waals surface area contributed by atoms with Crippen molar-refractivity contribution in [3.05, 3.63) is 65.2 Å². The predicted octanol–water partition coefficient (Wildman–Crippen LogP) is 3.90. The molecule has 2 aromatic rings. The van der Waals surface area contributed by atoms with Crippen molar-refractivity contribution >= 4 is 17.8 Å². The van der Waals surface area contributed by atoms with Crippen LogP contribution in [0.25, 0.3) is 6.08 Å². The van der Waals surface area contributed by atoms with Crippen molar-refractivity contribution in [1.29, 1.82) is 0 Å². The number of carbonyl (C=O) groups is 2. The van der Waals surface area contributed by atoms with Crippen molar-refractivity contribution in [2.75, 3.05) is 26.3 Å². The van der Waals surface area contributed by atoms with Crippen LogP contribution < -0.4 is 9.47 Å². The van der Waals surface area contributed by atoms with Gasteiger partial charge in [0.2, 0.25) is 5.91 Å². The molecule has 0 N–H and O–H groups in total. The van der Waals surface area contributed by atoms with Crippen LogP contribution in [0.15, 0.2) is 48.5 Å². The molecule has 0 unspecified atom stereocenters. The van der Waals surface area contributed by atoms with Crippen LogP contribution in [0.2, 0.25) is 0 Å². The van der Waals surface area contributed by atoms with E-state index in [0.717, 1.165) is 5.56 Å². The van der Waals surface area contributed by atoms with E-state index in [0.29, 0.717) is 56.2 Å². The molecule has 2 aromatic carbocycles. The van der Waals surface area contributed by atoms with E-state index in [1.54, 1.807) is 24.3 Å². The second kappa shape index (κ2) is 8.52. The molecule has 4 rings (SSSR count). The first-order chi connectivity index (χ1) is 14.1. The molecule has 2 heterocycles. The number of benzene rings is 2. The van der Waals surface area contributed by atoms with Gasteiger partial charge < -0.3 is 14.4 Å². The third kappa shape index (κ3) is 4.50. The number of carbonyl (C=O) groups excluding carboxylic acids is 2. The molecular formula is C24H25NO4. The van der Waals surface area contributed by atoms with Gasteiger partial charge in [-0.15, -0.1) is 0 Å². The van der Waals surface area contributed by atoms with E-state index >= 15 is 0 Å². The zero-order valence-electron chi connectivity index (χ0n) is 16.6. The summed E-state index contributed by atoms with van der Waals surface area (Å²) in [5.41, 5.74) is 2.85. The molecule has 0 saturated carbocycles. The van der Waals surface area contributed by atoms with E-state index in [1.165, 1.54) is 5.56 Å². The van der Waals surface area contributed by atoms with Crippen molar-refractivity contribution in [2.45, 2.75) is 19.8 Å². The molecule has 1 saturated heterocycles. The van der Waals surface area contributed by atoms with E-state index in [9.17, 15) is 9.59 Å². The van der Waals surface area contributed by atoms with Crippen molar-refractivity contribution in [1.82, 2.24) is 4.90 Å². The van der Waals surface area contributed by atoms with Crippen LogP contribution in [-0.2, 0) is 4.79 Å². The molecule has 2 aliphatic rings. The Morgan fingerprint density at radius 1 is 0.966 bits per heavy atom. The molecule has 29 heavy (non-hydrogen) atoms. The summed E-state index contributed by atoms with van der Waals surface area (Å²) in [5, 5.41) is 0. The van der Waals surface area contributed by atoms with Crippen molar-refractivity contribution < 1.29 is 19.1 Å². The summed E-state index contributed by atoms with van der Waals surface area (Å²) < 4.78 is 11.1. The summed E-state index contributed by atoms with van der Waals surface area (Å²) in [6, 6.07) is 13.4. The number of hydrogen-bond donors (Lipinski definition) is 0. The normalized spacial score (nSPS) is 16.8. The van der Waals surface area contributed by atoms with Crippen LogP contribution in [-0.4, -0.2) is 42.9 Å². The Morgan fingerprint density at radius 2 is 1.66 bits per heavy atom. The third-order valence-corrected chi connectivity index (χ3v) is 5.50. The van der Waals surface area contributed by atoms with Gasteiger partial charge in [0.25, 0.3) is 0 Å². The topological polar surface area (TPSA) is 55.8 Å². The van der Waals surface area contributed by atoms with Gasteiger partial charge in [-0.2, -0.15) is 0 Å². The molecule has 1 amide bonds. The molecule has 0 aromatic heterocycles. The Kier molecular flexibility index (Phi) is 5.65. The Labute approximate surface area is 170 Å². The van der Waals surface area contributed by atoms with Crippen molar-refractivity contribution in [2.24, 2.45) is 5.92 Å². The smallest absolute Gasteiger partial charge is 0.246 e. The lowest BCUT2D eigenvalue weighted by molar-refractivity contribution is -0.127. The van der Waals surface area contributed by atoms with E-state index in [-0.39, 0.29) is 17.6 Å². The van der Waals surface area contributed by atoms with Crippen LogP contribution in [0.4, 0.5) is 0 Å². The molecule has 1 fully saturated rings. The van der Waals surface area contributed by atoms with Crippen molar-refractivity contribution in [3.8, 4) is 11.5 Å². The first kappa shape index (κ1) is 19.2.